The second-order valence-electron chi connectivity index (χ2n) is 10.7. The Kier molecular flexibility index (Phi) is 6.07. The van der Waals surface area contributed by atoms with E-state index in [0.29, 0.717) is 34.1 Å². The van der Waals surface area contributed by atoms with Gasteiger partial charge in [0, 0.05) is 61.5 Å². The topological polar surface area (TPSA) is 106 Å². The van der Waals surface area contributed by atoms with Crippen LogP contribution in [-0.4, -0.2) is 57.7 Å². The number of hydrogen-bond donors (Lipinski definition) is 1. The molecule has 2 aliphatic rings. The highest BCUT2D eigenvalue weighted by atomic mass is 35.5. The van der Waals surface area contributed by atoms with Crippen molar-refractivity contribution in [3.05, 3.63) is 53.1 Å². The molecule has 38 heavy (non-hydrogen) atoms. The van der Waals surface area contributed by atoms with Crippen molar-refractivity contribution in [3.8, 4) is 11.4 Å². The van der Waals surface area contributed by atoms with Crippen LogP contribution in [0.3, 0.4) is 0 Å². The average molecular weight is 552 g/mol. The summed E-state index contributed by atoms with van der Waals surface area (Å²) in [4.78, 5) is 16.1. The Morgan fingerprint density at radius 3 is 2.68 bits per heavy atom. The first-order valence-corrected chi connectivity index (χ1v) is 15.2. The van der Waals surface area contributed by atoms with Crippen LogP contribution in [0.4, 0.5) is 17.3 Å². The van der Waals surface area contributed by atoms with E-state index in [9.17, 15) is 8.42 Å². The number of aromatic nitrogens is 5. The van der Waals surface area contributed by atoms with Gasteiger partial charge in [-0.15, -0.1) is 0 Å². The number of sulfone groups is 1. The molecule has 4 heterocycles. The quantitative estimate of drug-likeness (QED) is 0.366. The highest BCUT2D eigenvalue weighted by molar-refractivity contribution is 7.90. The number of pyridine rings is 1. The summed E-state index contributed by atoms with van der Waals surface area (Å²) in [6.45, 7) is 5.13. The van der Waals surface area contributed by atoms with Crippen LogP contribution in [0, 0.1) is 5.92 Å². The molecule has 1 aliphatic heterocycles. The molecule has 3 atom stereocenters. The van der Waals surface area contributed by atoms with Gasteiger partial charge in [-0.2, -0.15) is 5.10 Å². The average Bonchev–Trinajstić information content (AvgIpc) is 3.41. The van der Waals surface area contributed by atoms with Gasteiger partial charge in [-0.3, -0.25) is 4.68 Å². The molecule has 0 unspecified atom stereocenters. The molecule has 1 aliphatic carbocycles. The molecule has 4 aromatic rings. The smallest absolute Gasteiger partial charge is 0.166 e. The van der Waals surface area contributed by atoms with Crippen molar-refractivity contribution >= 4 is 49.5 Å². The molecule has 9 nitrogen and oxygen atoms in total. The summed E-state index contributed by atoms with van der Waals surface area (Å²) in [6.07, 6.45) is 8.88. The number of aryl methyl sites for hydroxylation is 2. The maximum Gasteiger partial charge on any atom is 0.166 e. The van der Waals surface area contributed by atoms with E-state index in [1.165, 1.54) is 22.8 Å². The lowest BCUT2D eigenvalue weighted by atomic mass is 9.88. The largest absolute Gasteiger partial charge is 0.367 e. The monoisotopic (exact) mass is 551 g/mol. The first-order valence-electron chi connectivity index (χ1n) is 12.8. The zero-order chi connectivity index (χ0) is 26.8. The molecule has 0 radical (unpaired) electrons. The third kappa shape index (κ3) is 4.49. The molecule has 11 heteroatoms. The highest BCUT2D eigenvalue weighted by Gasteiger charge is 2.39. The van der Waals surface area contributed by atoms with Gasteiger partial charge in [-0.05, 0) is 60.4 Å². The summed E-state index contributed by atoms with van der Waals surface area (Å²) in [5.41, 5.74) is 4.55. The van der Waals surface area contributed by atoms with Crippen molar-refractivity contribution in [2.24, 2.45) is 13.0 Å². The van der Waals surface area contributed by atoms with Gasteiger partial charge in [0.2, 0.25) is 0 Å². The molecule has 0 spiro atoms. The number of nitrogens with one attached hydrogen (secondary N) is 1. The Bertz CT molecular complexity index is 1670. The van der Waals surface area contributed by atoms with Crippen LogP contribution in [0.25, 0.3) is 22.2 Å². The molecule has 198 valence electrons. The van der Waals surface area contributed by atoms with Gasteiger partial charge in [0.05, 0.1) is 11.3 Å². The van der Waals surface area contributed by atoms with Gasteiger partial charge in [0.15, 0.2) is 11.0 Å². The number of hydrogen-bond acceptors (Lipinski definition) is 8. The summed E-state index contributed by atoms with van der Waals surface area (Å²) in [6, 6.07) is 6.36. The van der Waals surface area contributed by atoms with E-state index in [1.807, 2.05) is 6.20 Å². The van der Waals surface area contributed by atoms with Crippen molar-refractivity contribution in [3.63, 3.8) is 0 Å². The lowest BCUT2D eigenvalue weighted by molar-refractivity contribution is 0.342. The van der Waals surface area contributed by atoms with E-state index >= 15 is 0 Å². The minimum absolute atomic E-state index is 0.140. The summed E-state index contributed by atoms with van der Waals surface area (Å²) in [5.74, 6) is 2.62. The number of rotatable bonds is 6. The number of benzene rings is 1. The molecular formula is C27H30ClN7O2S. The fourth-order valence-corrected chi connectivity index (χ4v) is 7.29. The summed E-state index contributed by atoms with van der Waals surface area (Å²) in [5, 5.41) is 10.1. The molecule has 0 amide bonds. The van der Waals surface area contributed by atoms with E-state index in [-0.39, 0.29) is 17.7 Å². The van der Waals surface area contributed by atoms with Gasteiger partial charge < -0.3 is 10.2 Å². The Morgan fingerprint density at radius 1 is 1.16 bits per heavy atom. The van der Waals surface area contributed by atoms with E-state index in [1.54, 1.807) is 30.2 Å². The minimum Gasteiger partial charge on any atom is -0.367 e. The van der Waals surface area contributed by atoms with Crippen LogP contribution in [0.1, 0.15) is 37.3 Å². The molecule has 3 aromatic heterocycles. The van der Waals surface area contributed by atoms with Crippen molar-refractivity contribution < 1.29 is 8.42 Å². The lowest BCUT2D eigenvalue weighted by Gasteiger charge is -2.48. The van der Waals surface area contributed by atoms with Crippen LogP contribution in [0.15, 0.2) is 36.8 Å². The number of fused-ring (bicyclic) bond motifs is 3. The van der Waals surface area contributed by atoms with E-state index in [2.05, 4.69) is 51.3 Å². The van der Waals surface area contributed by atoms with Crippen molar-refractivity contribution in [1.82, 2.24) is 24.7 Å². The fraction of sp³-hybridized carbons (Fsp3) is 0.407. The zero-order valence-electron chi connectivity index (χ0n) is 21.8. The van der Waals surface area contributed by atoms with E-state index in [4.69, 9.17) is 16.6 Å². The molecule has 1 N–H and O–H groups in total. The van der Waals surface area contributed by atoms with Gasteiger partial charge in [-0.1, -0.05) is 18.5 Å². The first-order chi connectivity index (χ1) is 18.1. The molecule has 1 fully saturated rings. The summed E-state index contributed by atoms with van der Waals surface area (Å²) >= 11 is 6.25. The molecule has 6 rings (SSSR count). The highest BCUT2D eigenvalue weighted by Crippen LogP contribution is 2.45. The maximum atomic E-state index is 11.9. The molecule has 0 saturated carbocycles. The van der Waals surface area contributed by atoms with Gasteiger partial charge in [0.25, 0.3) is 0 Å². The van der Waals surface area contributed by atoms with Crippen LogP contribution in [0.5, 0.6) is 0 Å². The molecule has 0 bridgehead atoms. The number of halogens is 1. The Hall–Kier alpha value is -3.24. The predicted molar refractivity (Wildman–Crippen MR) is 151 cm³/mol. The van der Waals surface area contributed by atoms with E-state index < -0.39 is 9.84 Å². The number of nitrogens with zero attached hydrogens (tertiary/aromatic N) is 6. The Morgan fingerprint density at radius 2 is 1.97 bits per heavy atom. The molecular weight excluding hydrogens is 522 g/mol. The van der Waals surface area contributed by atoms with Gasteiger partial charge >= 0.3 is 0 Å². The maximum absolute atomic E-state index is 11.9. The van der Waals surface area contributed by atoms with Crippen LogP contribution >= 0.6 is 11.6 Å². The van der Waals surface area contributed by atoms with Crippen LogP contribution < -0.4 is 10.2 Å². The fourth-order valence-electron chi connectivity index (χ4n) is 5.87. The minimum atomic E-state index is -3.01. The summed E-state index contributed by atoms with van der Waals surface area (Å²) in [7, 11) is -1.21. The summed E-state index contributed by atoms with van der Waals surface area (Å²) < 4.78 is 25.4. The second kappa shape index (κ2) is 9.20. The van der Waals surface area contributed by atoms with Crippen LogP contribution in [-0.2, 0) is 23.3 Å². The Labute approximate surface area is 227 Å². The number of anilines is 3. The van der Waals surface area contributed by atoms with Crippen LogP contribution in [0.2, 0.25) is 5.15 Å². The predicted octanol–water partition coefficient (Wildman–Crippen LogP) is 4.74. The molecule has 1 aromatic carbocycles. The SMILES string of the molecule is C[C@@H]1[C@@H](CS(C)(=O)=O)CN1c1cc2c(c3cc(Nc4ccnc(-c5cn(C)nc5Cl)n4)ncc13)[C@@H](C)CC2. The first kappa shape index (κ1) is 25.1. The van der Waals surface area contributed by atoms with Crippen molar-refractivity contribution in [2.75, 3.05) is 28.8 Å². The standard InChI is InChI=1S/C27H30ClN7O2S/c1-15-5-6-17-9-22(35-12-18(16(35)2)14-38(4,36)37)20-11-30-24(10-19(20)25(15)17)31-23-7-8-29-27(32-23)21-13-34(3)33-26(21)28/h7-11,13,15-16,18H,5-6,12,14H2,1-4H3,(H,29,30,31,32)/t15-,16+,18+/m0/s1. The normalized spacial score (nSPS) is 21.0. The van der Waals surface area contributed by atoms with Crippen molar-refractivity contribution in [2.45, 2.75) is 38.6 Å². The Balaban J connectivity index is 1.35. The third-order valence-electron chi connectivity index (χ3n) is 7.83. The van der Waals surface area contributed by atoms with E-state index in [0.717, 1.165) is 30.5 Å². The van der Waals surface area contributed by atoms with Crippen molar-refractivity contribution in [1.29, 1.82) is 0 Å². The second-order valence-corrected chi connectivity index (χ2v) is 13.2. The third-order valence-corrected chi connectivity index (χ3v) is 9.15. The molecule has 1 saturated heterocycles. The zero-order valence-corrected chi connectivity index (χ0v) is 23.4. The van der Waals surface area contributed by atoms with Gasteiger partial charge in [0.1, 0.15) is 21.5 Å². The van der Waals surface area contributed by atoms with Gasteiger partial charge in [-0.25, -0.2) is 23.4 Å². The lowest BCUT2D eigenvalue weighted by Crippen LogP contribution is -2.57.